The van der Waals surface area contributed by atoms with Gasteiger partial charge in [-0.05, 0) is 26.0 Å². The Balaban J connectivity index is 3.17. The predicted octanol–water partition coefficient (Wildman–Crippen LogP) is 1.11. The summed E-state index contributed by atoms with van der Waals surface area (Å²) >= 11 is 5.67. The molecule has 0 saturated carbocycles. The van der Waals surface area contributed by atoms with Crippen molar-refractivity contribution in [3.63, 3.8) is 0 Å². The van der Waals surface area contributed by atoms with Gasteiger partial charge in [0.1, 0.15) is 22.1 Å². The molecular formula is C10H12ClN3O3. The first-order chi connectivity index (χ1) is 7.74. The normalized spacial score (nSPS) is 11.0. The molecule has 0 bridgehead atoms. The number of halogens is 1. The van der Waals surface area contributed by atoms with Crippen molar-refractivity contribution in [2.24, 2.45) is 5.73 Å². The van der Waals surface area contributed by atoms with Crippen molar-refractivity contribution < 1.29 is 14.7 Å². The Kier molecular flexibility index (Phi) is 3.57. The minimum atomic E-state index is -1.17. The fourth-order valence-electron chi connectivity index (χ4n) is 1.06. The van der Waals surface area contributed by atoms with Gasteiger partial charge in [-0.15, -0.1) is 0 Å². The number of carboxylic acids is 1. The van der Waals surface area contributed by atoms with Crippen LogP contribution in [0, 0.1) is 0 Å². The highest BCUT2D eigenvalue weighted by Crippen LogP contribution is 2.20. The number of carbonyl (C=O) groups is 2. The van der Waals surface area contributed by atoms with Gasteiger partial charge >= 0.3 is 5.97 Å². The van der Waals surface area contributed by atoms with Crippen molar-refractivity contribution in [1.29, 1.82) is 0 Å². The first kappa shape index (κ1) is 13.2. The summed E-state index contributed by atoms with van der Waals surface area (Å²) in [5.74, 6) is -1.79. The molecule has 6 nitrogen and oxygen atoms in total. The summed E-state index contributed by atoms with van der Waals surface area (Å²) < 4.78 is 0. The molecule has 1 aromatic heterocycles. The number of hydrogen-bond donors (Lipinski definition) is 3. The van der Waals surface area contributed by atoms with Crippen molar-refractivity contribution in [3.8, 4) is 0 Å². The third-order valence-corrected chi connectivity index (χ3v) is 2.35. The number of nitrogens with zero attached hydrogens (tertiary/aromatic N) is 1. The average molecular weight is 258 g/mol. The van der Waals surface area contributed by atoms with Crippen LogP contribution in [0.1, 0.15) is 24.2 Å². The van der Waals surface area contributed by atoms with Crippen LogP contribution < -0.4 is 11.1 Å². The number of nitrogens with one attached hydrogen (secondary N) is 1. The van der Waals surface area contributed by atoms with Gasteiger partial charge in [-0.3, -0.25) is 4.79 Å². The van der Waals surface area contributed by atoms with Crippen molar-refractivity contribution >= 4 is 29.3 Å². The maximum Gasteiger partial charge on any atom is 0.339 e. The molecule has 0 fully saturated rings. The Bertz CT molecular complexity index is 474. The van der Waals surface area contributed by atoms with Crippen LogP contribution in [0.3, 0.4) is 0 Å². The highest BCUT2D eigenvalue weighted by Gasteiger charge is 2.27. The lowest BCUT2D eigenvalue weighted by atomic mass is 10.0. The van der Waals surface area contributed by atoms with E-state index in [2.05, 4.69) is 10.3 Å². The molecule has 7 heteroatoms. The minimum absolute atomic E-state index is 0.00815. The number of aromatic nitrogens is 1. The van der Waals surface area contributed by atoms with Crippen LogP contribution >= 0.6 is 11.6 Å². The Morgan fingerprint density at radius 1 is 1.47 bits per heavy atom. The zero-order chi connectivity index (χ0) is 13.2. The maximum atomic E-state index is 11.1. The van der Waals surface area contributed by atoms with E-state index in [1.807, 2.05) is 0 Å². The second-order valence-electron chi connectivity index (χ2n) is 3.95. The molecule has 0 radical (unpaired) electrons. The second kappa shape index (κ2) is 4.58. The van der Waals surface area contributed by atoms with Crippen LogP contribution in [0.2, 0.25) is 5.15 Å². The number of anilines is 1. The summed E-state index contributed by atoms with van der Waals surface area (Å²) in [5, 5.41) is 11.7. The van der Waals surface area contributed by atoms with E-state index in [0.29, 0.717) is 0 Å². The van der Waals surface area contributed by atoms with Crippen molar-refractivity contribution in [2.45, 2.75) is 19.4 Å². The molecule has 4 N–H and O–H groups in total. The molecular weight excluding hydrogens is 246 g/mol. The van der Waals surface area contributed by atoms with Crippen LogP contribution in [0.25, 0.3) is 0 Å². The summed E-state index contributed by atoms with van der Waals surface area (Å²) in [6.45, 7) is 3.03. The number of hydrogen-bond acceptors (Lipinski definition) is 4. The van der Waals surface area contributed by atoms with Gasteiger partial charge in [0.05, 0.1) is 0 Å². The zero-order valence-electron chi connectivity index (χ0n) is 9.32. The van der Waals surface area contributed by atoms with Crippen LogP contribution in [0.15, 0.2) is 12.1 Å². The molecule has 0 saturated heterocycles. The third kappa shape index (κ3) is 3.07. The van der Waals surface area contributed by atoms with Crippen molar-refractivity contribution in [3.05, 3.63) is 22.8 Å². The molecule has 1 amide bonds. The van der Waals surface area contributed by atoms with Crippen LogP contribution in [0.4, 0.5) is 5.82 Å². The van der Waals surface area contributed by atoms with Gasteiger partial charge in [0.2, 0.25) is 5.91 Å². The van der Waals surface area contributed by atoms with Gasteiger partial charge in [-0.2, -0.15) is 0 Å². The molecule has 17 heavy (non-hydrogen) atoms. The van der Waals surface area contributed by atoms with Gasteiger partial charge < -0.3 is 16.2 Å². The van der Waals surface area contributed by atoms with E-state index >= 15 is 0 Å². The third-order valence-electron chi connectivity index (χ3n) is 2.14. The van der Waals surface area contributed by atoms with E-state index in [9.17, 15) is 9.59 Å². The fraction of sp³-hybridized carbons (Fsp3) is 0.300. The largest absolute Gasteiger partial charge is 0.478 e. The van der Waals surface area contributed by atoms with E-state index in [0.717, 1.165) is 0 Å². The highest BCUT2D eigenvalue weighted by atomic mass is 35.5. The van der Waals surface area contributed by atoms with Gasteiger partial charge in [0.25, 0.3) is 0 Å². The summed E-state index contributed by atoms with van der Waals surface area (Å²) in [7, 11) is 0. The molecule has 1 aromatic rings. The van der Waals surface area contributed by atoms with Gasteiger partial charge in [0.15, 0.2) is 0 Å². The van der Waals surface area contributed by atoms with Gasteiger partial charge in [0, 0.05) is 0 Å². The van der Waals surface area contributed by atoms with Gasteiger partial charge in [-0.25, -0.2) is 9.78 Å². The van der Waals surface area contributed by atoms with E-state index in [1.54, 1.807) is 0 Å². The van der Waals surface area contributed by atoms with E-state index in [-0.39, 0.29) is 16.5 Å². The second-order valence-corrected chi connectivity index (χ2v) is 4.34. The summed E-state index contributed by atoms with van der Waals surface area (Å²) in [6.07, 6.45) is 0. The monoisotopic (exact) mass is 257 g/mol. The average Bonchev–Trinajstić information content (AvgIpc) is 2.15. The molecule has 1 rings (SSSR count). The smallest absolute Gasteiger partial charge is 0.339 e. The molecule has 0 spiro atoms. The van der Waals surface area contributed by atoms with E-state index < -0.39 is 17.4 Å². The molecule has 0 aliphatic rings. The van der Waals surface area contributed by atoms with E-state index in [1.165, 1.54) is 26.0 Å². The lowest BCUT2D eigenvalue weighted by molar-refractivity contribution is -0.121. The van der Waals surface area contributed by atoms with Crippen LogP contribution in [-0.2, 0) is 4.79 Å². The molecule has 0 atom stereocenters. The van der Waals surface area contributed by atoms with Crippen molar-refractivity contribution in [1.82, 2.24) is 4.98 Å². The molecule has 0 aliphatic carbocycles. The van der Waals surface area contributed by atoms with Crippen LogP contribution in [0.5, 0.6) is 0 Å². The molecule has 92 valence electrons. The number of carbonyl (C=O) groups excluding carboxylic acids is 1. The van der Waals surface area contributed by atoms with Gasteiger partial charge in [-0.1, -0.05) is 11.6 Å². The molecule has 1 heterocycles. The topological polar surface area (TPSA) is 105 Å². The number of carboxylic acid groups (broad SMARTS) is 1. The quantitative estimate of drug-likeness (QED) is 0.701. The Morgan fingerprint density at radius 3 is 2.53 bits per heavy atom. The number of pyridine rings is 1. The predicted molar refractivity (Wildman–Crippen MR) is 63.1 cm³/mol. The first-order valence-corrected chi connectivity index (χ1v) is 5.10. The summed E-state index contributed by atoms with van der Waals surface area (Å²) in [5.41, 5.74) is 3.97. The number of aromatic carboxylic acids is 1. The molecule has 0 unspecified atom stereocenters. The van der Waals surface area contributed by atoms with E-state index in [4.69, 9.17) is 22.4 Å². The van der Waals surface area contributed by atoms with Crippen molar-refractivity contribution in [2.75, 3.05) is 5.32 Å². The molecule has 0 aromatic carbocycles. The number of rotatable bonds is 4. The Labute approximate surface area is 103 Å². The van der Waals surface area contributed by atoms with Crippen LogP contribution in [-0.4, -0.2) is 27.5 Å². The number of amides is 1. The minimum Gasteiger partial charge on any atom is -0.478 e. The number of primary amides is 1. The summed E-state index contributed by atoms with van der Waals surface area (Å²) in [4.78, 5) is 25.9. The maximum absolute atomic E-state index is 11.1. The Hall–Kier alpha value is -1.82. The molecule has 0 aliphatic heterocycles. The Morgan fingerprint density at radius 2 is 2.06 bits per heavy atom. The highest BCUT2D eigenvalue weighted by molar-refractivity contribution is 6.29. The lowest BCUT2D eigenvalue weighted by Crippen LogP contribution is -2.45. The first-order valence-electron chi connectivity index (χ1n) is 4.72. The SMILES string of the molecule is CC(C)(Nc1nc(Cl)ccc1C(=O)O)C(N)=O. The fourth-order valence-corrected chi connectivity index (χ4v) is 1.21. The lowest BCUT2D eigenvalue weighted by Gasteiger charge is -2.23. The number of nitrogens with two attached hydrogens (primary N) is 1. The standard InChI is InChI=1S/C10H12ClN3O3/c1-10(2,9(12)17)14-7-5(8(15)16)3-4-6(11)13-7/h3-4H,1-2H3,(H2,12,17)(H,13,14)(H,15,16). The zero-order valence-corrected chi connectivity index (χ0v) is 10.1. The summed E-state index contributed by atoms with van der Waals surface area (Å²) in [6, 6.07) is 2.66.